The van der Waals surface area contributed by atoms with Gasteiger partial charge in [-0.25, -0.2) is 22.5 Å². The van der Waals surface area contributed by atoms with Crippen LogP contribution in [0.5, 0.6) is 0 Å². The number of nitrogens with zero attached hydrogens (tertiary/aromatic N) is 3. The Hall–Kier alpha value is -2.59. The van der Waals surface area contributed by atoms with Gasteiger partial charge in [0.1, 0.15) is 5.82 Å². The van der Waals surface area contributed by atoms with Gasteiger partial charge in [-0.1, -0.05) is 0 Å². The third kappa shape index (κ3) is 4.63. The van der Waals surface area contributed by atoms with Gasteiger partial charge in [0.05, 0.1) is 29.8 Å². The minimum atomic E-state index is -3.31. The Morgan fingerprint density at radius 1 is 1.43 bits per heavy atom. The van der Waals surface area contributed by atoms with Crippen molar-refractivity contribution < 1.29 is 17.6 Å². The van der Waals surface area contributed by atoms with E-state index in [4.69, 9.17) is 0 Å². The average Bonchev–Trinajstić information content (AvgIpc) is 3.17. The lowest BCUT2D eigenvalue weighted by Gasteiger charge is -2.30. The number of aromatic amines is 1. The molecule has 0 bridgehead atoms. The maximum Gasteiger partial charge on any atom is 0.244 e. The number of aromatic nitrogens is 2. The number of carbonyl (C=O) groups excluding carboxylic acids is 1. The van der Waals surface area contributed by atoms with Crippen molar-refractivity contribution in [1.82, 2.24) is 19.9 Å². The van der Waals surface area contributed by atoms with Crippen LogP contribution < -0.4 is 5.43 Å². The summed E-state index contributed by atoms with van der Waals surface area (Å²) in [7, 11) is -3.31. The SMILES string of the molecule is CCS(=O)(=O)N1CCC[C@@H](C(=O)N/N=C\c2cn[nH]c2-c2ccc(F)cc2)C1. The molecule has 3 rings (SSSR count). The first-order valence-electron chi connectivity index (χ1n) is 9.00. The molecule has 0 radical (unpaired) electrons. The minimum absolute atomic E-state index is 0.0200. The van der Waals surface area contributed by atoms with E-state index in [1.54, 1.807) is 25.3 Å². The van der Waals surface area contributed by atoms with Crippen LogP contribution in [0.15, 0.2) is 35.6 Å². The van der Waals surface area contributed by atoms with E-state index in [0.29, 0.717) is 30.6 Å². The van der Waals surface area contributed by atoms with Crippen LogP contribution in [0.1, 0.15) is 25.3 Å². The predicted octanol–water partition coefficient (Wildman–Crippen LogP) is 1.73. The highest BCUT2D eigenvalue weighted by Crippen LogP contribution is 2.21. The summed E-state index contributed by atoms with van der Waals surface area (Å²) in [4.78, 5) is 12.4. The quantitative estimate of drug-likeness (QED) is 0.562. The molecule has 8 nitrogen and oxygen atoms in total. The summed E-state index contributed by atoms with van der Waals surface area (Å²) in [6.45, 7) is 2.20. The van der Waals surface area contributed by atoms with E-state index in [-0.39, 0.29) is 24.0 Å². The first-order valence-corrected chi connectivity index (χ1v) is 10.6. The second-order valence-electron chi connectivity index (χ2n) is 6.54. The highest BCUT2D eigenvalue weighted by molar-refractivity contribution is 7.89. The van der Waals surface area contributed by atoms with Gasteiger partial charge < -0.3 is 0 Å². The molecule has 0 aliphatic carbocycles. The summed E-state index contributed by atoms with van der Waals surface area (Å²) in [5.41, 5.74) is 4.49. The fraction of sp³-hybridized carbons (Fsp3) is 0.389. The van der Waals surface area contributed by atoms with Crippen LogP contribution in [0.3, 0.4) is 0 Å². The van der Waals surface area contributed by atoms with E-state index >= 15 is 0 Å². The number of benzene rings is 1. The van der Waals surface area contributed by atoms with E-state index in [1.807, 2.05) is 0 Å². The second kappa shape index (κ2) is 8.61. The van der Waals surface area contributed by atoms with Crippen LogP contribution >= 0.6 is 0 Å². The predicted molar refractivity (Wildman–Crippen MR) is 103 cm³/mol. The molecule has 1 fully saturated rings. The number of hydrogen-bond donors (Lipinski definition) is 2. The summed E-state index contributed by atoms with van der Waals surface area (Å²) in [5.74, 6) is -1.07. The number of rotatable bonds is 6. The monoisotopic (exact) mass is 407 g/mol. The first kappa shape index (κ1) is 20.2. The maximum absolute atomic E-state index is 13.1. The largest absolute Gasteiger partial charge is 0.277 e. The summed E-state index contributed by atoms with van der Waals surface area (Å²) in [6, 6.07) is 5.92. The van der Waals surface area contributed by atoms with Crippen LogP contribution in [-0.2, 0) is 14.8 Å². The van der Waals surface area contributed by atoms with Crippen LogP contribution in [0.25, 0.3) is 11.3 Å². The molecule has 0 spiro atoms. The van der Waals surface area contributed by atoms with E-state index in [0.717, 1.165) is 5.56 Å². The molecule has 150 valence electrons. The van der Waals surface area contributed by atoms with Crippen molar-refractivity contribution in [1.29, 1.82) is 0 Å². The highest BCUT2D eigenvalue weighted by Gasteiger charge is 2.31. The number of halogens is 1. The highest BCUT2D eigenvalue weighted by atomic mass is 32.2. The molecule has 2 aromatic rings. The van der Waals surface area contributed by atoms with E-state index in [2.05, 4.69) is 20.7 Å². The fourth-order valence-corrected chi connectivity index (χ4v) is 4.27. The third-order valence-corrected chi connectivity index (χ3v) is 6.54. The van der Waals surface area contributed by atoms with Crippen LogP contribution in [-0.4, -0.2) is 53.9 Å². The molecule has 1 amide bonds. The lowest BCUT2D eigenvalue weighted by atomic mass is 9.99. The number of sulfonamides is 1. The van der Waals surface area contributed by atoms with E-state index in [9.17, 15) is 17.6 Å². The zero-order valence-corrected chi connectivity index (χ0v) is 16.2. The van der Waals surface area contributed by atoms with Crippen molar-refractivity contribution in [2.24, 2.45) is 11.0 Å². The molecule has 0 saturated carbocycles. The van der Waals surface area contributed by atoms with Gasteiger partial charge in [0.2, 0.25) is 15.9 Å². The Bertz CT molecular complexity index is 956. The minimum Gasteiger partial charge on any atom is -0.277 e. The number of carbonyl (C=O) groups is 1. The molecule has 1 atom stereocenters. The molecule has 1 aliphatic heterocycles. The molecule has 1 aromatic heterocycles. The maximum atomic E-state index is 13.1. The van der Waals surface area contributed by atoms with Crippen LogP contribution in [0.2, 0.25) is 0 Å². The van der Waals surface area contributed by atoms with Gasteiger partial charge in [0.15, 0.2) is 0 Å². The number of H-pyrrole nitrogens is 1. The Morgan fingerprint density at radius 3 is 2.89 bits per heavy atom. The normalized spacial score (nSPS) is 18.4. The van der Waals surface area contributed by atoms with Gasteiger partial charge in [0, 0.05) is 24.2 Å². The first-order chi connectivity index (χ1) is 13.4. The smallest absolute Gasteiger partial charge is 0.244 e. The second-order valence-corrected chi connectivity index (χ2v) is 8.80. The Morgan fingerprint density at radius 2 is 2.18 bits per heavy atom. The summed E-state index contributed by atoms with van der Waals surface area (Å²) in [5, 5.41) is 10.8. The zero-order chi connectivity index (χ0) is 20.1. The zero-order valence-electron chi connectivity index (χ0n) is 15.4. The van der Waals surface area contributed by atoms with Crippen molar-refractivity contribution in [3.8, 4) is 11.3 Å². The average molecular weight is 407 g/mol. The van der Waals surface area contributed by atoms with Gasteiger partial charge >= 0.3 is 0 Å². The molecule has 0 unspecified atom stereocenters. The van der Waals surface area contributed by atoms with Gasteiger partial charge in [-0.2, -0.15) is 10.2 Å². The third-order valence-electron chi connectivity index (χ3n) is 4.69. The van der Waals surface area contributed by atoms with Gasteiger partial charge in [-0.15, -0.1) is 0 Å². The van der Waals surface area contributed by atoms with Crippen LogP contribution in [0.4, 0.5) is 4.39 Å². The number of piperidine rings is 1. The molecular weight excluding hydrogens is 385 g/mol. The van der Waals surface area contributed by atoms with Crippen molar-refractivity contribution in [2.75, 3.05) is 18.8 Å². The Balaban J connectivity index is 1.63. The Labute approximate surface area is 162 Å². The molecule has 1 aromatic carbocycles. The van der Waals surface area contributed by atoms with Crippen LogP contribution in [0, 0.1) is 11.7 Å². The van der Waals surface area contributed by atoms with Gasteiger partial charge in [-0.05, 0) is 44.0 Å². The molecule has 2 heterocycles. The van der Waals surface area contributed by atoms with E-state index in [1.165, 1.54) is 22.7 Å². The molecular formula is C18H22FN5O3S. The van der Waals surface area contributed by atoms with Crippen molar-refractivity contribution in [2.45, 2.75) is 19.8 Å². The fourth-order valence-electron chi connectivity index (χ4n) is 3.09. The summed E-state index contributed by atoms with van der Waals surface area (Å²) >= 11 is 0. The van der Waals surface area contributed by atoms with Gasteiger partial charge in [-0.3, -0.25) is 9.89 Å². The summed E-state index contributed by atoms with van der Waals surface area (Å²) in [6.07, 6.45) is 4.25. The summed E-state index contributed by atoms with van der Waals surface area (Å²) < 4.78 is 38.5. The lowest BCUT2D eigenvalue weighted by Crippen LogP contribution is -2.45. The van der Waals surface area contributed by atoms with Crippen molar-refractivity contribution in [3.63, 3.8) is 0 Å². The van der Waals surface area contributed by atoms with Gasteiger partial charge in [0.25, 0.3) is 0 Å². The van der Waals surface area contributed by atoms with E-state index < -0.39 is 15.9 Å². The number of hydrazone groups is 1. The van der Waals surface area contributed by atoms with Crippen molar-refractivity contribution >= 4 is 22.1 Å². The molecule has 2 N–H and O–H groups in total. The lowest BCUT2D eigenvalue weighted by molar-refractivity contribution is -0.126. The Kier molecular flexibility index (Phi) is 6.20. The standard InChI is InChI=1S/C18H22FN5O3S/c1-2-28(26,27)24-9-3-4-14(12-24)18(25)23-21-11-15-10-20-22-17(15)13-5-7-16(19)8-6-13/h5-8,10-11,14H,2-4,9,12H2,1H3,(H,20,22)(H,23,25)/b21-11-/t14-/m1/s1. The number of nitrogens with one attached hydrogen (secondary N) is 2. The molecule has 10 heteroatoms. The topological polar surface area (TPSA) is 108 Å². The number of amides is 1. The molecule has 28 heavy (non-hydrogen) atoms. The molecule has 1 saturated heterocycles. The molecule has 1 aliphatic rings. The van der Waals surface area contributed by atoms with Crippen molar-refractivity contribution in [3.05, 3.63) is 41.8 Å². The number of hydrogen-bond acceptors (Lipinski definition) is 5.